The van der Waals surface area contributed by atoms with Crippen LogP contribution in [0.2, 0.25) is 0 Å². The second kappa shape index (κ2) is 9.47. The van der Waals surface area contributed by atoms with Crippen molar-refractivity contribution in [3.8, 4) is 11.6 Å². The molecule has 0 bridgehead atoms. The number of aromatic carboxylic acids is 1. The van der Waals surface area contributed by atoms with Crippen LogP contribution in [0, 0.1) is 12.7 Å². The highest BCUT2D eigenvalue weighted by Gasteiger charge is 2.28. The number of nitrogens with zero attached hydrogens (tertiary/aromatic N) is 2. The quantitative estimate of drug-likeness (QED) is 0.446. The van der Waals surface area contributed by atoms with E-state index in [-0.39, 0.29) is 39.0 Å². The molecular formula is C23H25FN4O6S. The van der Waals surface area contributed by atoms with E-state index >= 15 is 0 Å². The number of sulfonamides is 1. The van der Waals surface area contributed by atoms with Crippen LogP contribution in [0.3, 0.4) is 0 Å². The van der Waals surface area contributed by atoms with Crippen LogP contribution < -0.4 is 14.8 Å². The van der Waals surface area contributed by atoms with Gasteiger partial charge in [0.05, 0.1) is 0 Å². The molecule has 1 aromatic heterocycles. The number of ether oxygens (including phenoxy) is 1. The van der Waals surface area contributed by atoms with Gasteiger partial charge in [0.15, 0.2) is 5.69 Å². The van der Waals surface area contributed by atoms with Gasteiger partial charge in [-0.3, -0.25) is 4.79 Å². The standard InChI is InChI=1S/C23H25FN4O6S/c1-13-19(22(30)31)26-28(5)21(13)34-17-11-10-16(12-18(17)35(32,33)27-23(2,3)4)25-20(29)14-6-8-15(24)9-7-14/h6-12,27H,1-5H3,(H,25,29)(H,30,31). The number of carbonyl (C=O) groups is 2. The van der Waals surface area contributed by atoms with Crippen molar-refractivity contribution in [2.24, 2.45) is 7.05 Å². The smallest absolute Gasteiger partial charge is 0.356 e. The number of halogens is 1. The predicted octanol–water partition coefficient (Wildman–Crippen LogP) is 3.69. The van der Waals surface area contributed by atoms with Gasteiger partial charge in [0, 0.05) is 29.4 Å². The number of aromatic nitrogens is 2. The minimum atomic E-state index is -4.15. The Labute approximate surface area is 201 Å². The molecule has 0 aliphatic rings. The maximum Gasteiger partial charge on any atom is 0.356 e. The lowest BCUT2D eigenvalue weighted by atomic mass is 10.1. The number of aryl methyl sites for hydroxylation is 1. The fraction of sp³-hybridized carbons (Fsp3) is 0.261. The molecular weight excluding hydrogens is 479 g/mol. The van der Waals surface area contributed by atoms with Crippen LogP contribution in [0.1, 0.15) is 47.2 Å². The Morgan fingerprint density at radius 2 is 1.74 bits per heavy atom. The molecule has 3 rings (SSSR count). The van der Waals surface area contributed by atoms with Gasteiger partial charge >= 0.3 is 5.97 Å². The molecule has 12 heteroatoms. The minimum Gasteiger partial charge on any atom is -0.476 e. The second-order valence-corrected chi connectivity index (χ2v) is 10.4. The third kappa shape index (κ3) is 6.03. The molecule has 2 aromatic carbocycles. The summed E-state index contributed by atoms with van der Waals surface area (Å²) >= 11 is 0. The molecule has 1 amide bonds. The summed E-state index contributed by atoms with van der Waals surface area (Å²) in [6.45, 7) is 6.48. The minimum absolute atomic E-state index is 0.0395. The van der Waals surface area contributed by atoms with Gasteiger partial charge in [-0.25, -0.2) is 27.0 Å². The summed E-state index contributed by atoms with van der Waals surface area (Å²) < 4.78 is 49.2. The molecule has 35 heavy (non-hydrogen) atoms. The lowest BCUT2D eigenvalue weighted by molar-refractivity contribution is 0.0688. The van der Waals surface area contributed by atoms with Crippen molar-refractivity contribution < 1.29 is 32.2 Å². The van der Waals surface area contributed by atoms with Gasteiger partial charge in [0.1, 0.15) is 16.5 Å². The van der Waals surface area contributed by atoms with Crippen LogP contribution in [0.5, 0.6) is 11.6 Å². The van der Waals surface area contributed by atoms with Crippen LogP contribution in [-0.4, -0.2) is 40.7 Å². The first kappa shape index (κ1) is 25.8. The summed E-state index contributed by atoms with van der Waals surface area (Å²) in [6.07, 6.45) is 0. The number of carboxylic acids is 1. The number of hydrogen-bond donors (Lipinski definition) is 3. The summed E-state index contributed by atoms with van der Waals surface area (Å²) in [4.78, 5) is 23.7. The Balaban J connectivity index is 2.05. The van der Waals surface area contributed by atoms with Crippen LogP contribution in [0.25, 0.3) is 0 Å². The van der Waals surface area contributed by atoms with Crippen LogP contribution in [0.15, 0.2) is 47.4 Å². The van der Waals surface area contributed by atoms with Crippen molar-refractivity contribution in [2.45, 2.75) is 38.1 Å². The number of anilines is 1. The highest BCUT2D eigenvalue weighted by atomic mass is 32.2. The van der Waals surface area contributed by atoms with Gasteiger partial charge in [-0.05, 0) is 70.2 Å². The van der Waals surface area contributed by atoms with Crippen LogP contribution in [-0.2, 0) is 17.1 Å². The molecule has 0 unspecified atom stereocenters. The Morgan fingerprint density at radius 1 is 1.11 bits per heavy atom. The zero-order chi connectivity index (χ0) is 26.1. The SMILES string of the molecule is Cc1c(C(=O)O)nn(C)c1Oc1ccc(NC(=O)c2ccc(F)cc2)cc1S(=O)(=O)NC(C)(C)C. The number of benzene rings is 2. The number of hydrogen-bond acceptors (Lipinski definition) is 6. The second-order valence-electron chi connectivity index (χ2n) is 8.79. The van der Waals surface area contributed by atoms with E-state index < -0.39 is 33.3 Å². The van der Waals surface area contributed by atoms with Crippen molar-refractivity contribution in [2.75, 3.05) is 5.32 Å². The van der Waals surface area contributed by atoms with E-state index in [2.05, 4.69) is 15.1 Å². The molecule has 0 saturated carbocycles. The van der Waals surface area contributed by atoms with E-state index in [4.69, 9.17) is 4.74 Å². The van der Waals surface area contributed by atoms with Crippen molar-refractivity contribution in [1.82, 2.24) is 14.5 Å². The average molecular weight is 505 g/mol. The Bertz CT molecular complexity index is 1390. The predicted molar refractivity (Wildman–Crippen MR) is 126 cm³/mol. The number of carboxylic acid groups (broad SMARTS) is 1. The lowest BCUT2D eigenvalue weighted by Crippen LogP contribution is -2.40. The number of rotatable bonds is 7. The Morgan fingerprint density at radius 3 is 2.29 bits per heavy atom. The van der Waals surface area contributed by atoms with E-state index in [9.17, 15) is 27.5 Å². The first-order valence-corrected chi connectivity index (χ1v) is 11.9. The fourth-order valence-corrected chi connectivity index (χ4v) is 4.78. The van der Waals surface area contributed by atoms with Gasteiger partial charge in [-0.2, -0.15) is 5.10 Å². The number of nitrogens with one attached hydrogen (secondary N) is 2. The number of carbonyl (C=O) groups excluding carboxylic acids is 1. The van der Waals surface area contributed by atoms with Crippen LogP contribution >= 0.6 is 0 Å². The van der Waals surface area contributed by atoms with Gasteiger partial charge in [-0.1, -0.05) is 0 Å². The normalized spacial score (nSPS) is 11.8. The monoisotopic (exact) mass is 504 g/mol. The highest BCUT2D eigenvalue weighted by molar-refractivity contribution is 7.89. The van der Waals surface area contributed by atoms with Crippen molar-refractivity contribution >= 4 is 27.6 Å². The topological polar surface area (TPSA) is 140 Å². The summed E-state index contributed by atoms with van der Waals surface area (Å²) in [5, 5.41) is 15.8. The molecule has 0 radical (unpaired) electrons. The largest absolute Gasteiger partial charge is 0.476 e. The number of amides is 1. The van der Waals surface area contributed by atoms with Crippen molar-refractivity contribution in [1.29, 1.82) is 0 Å². The van der Waals surface area contributed by atoms with E-state index in [1.807, 2.05) is 0 Å². The molecule has 0 aliphatic heterocycles. The molecule has 3 N–H and O–H groups in total. The molecule has 0 spiro atoms. The van der Waals surface area contributed by atoms with Crippen molar-refractivity contribution in [3.05, 3.63) is 65.1 Å². The first-order chi connectivity index (χ1) is 16.2. The van der Waals surface area contributed by atoms with Gasteiger partial charge in [0.2, 0.25) is 15.9 Å². The van der Waals surface area contributed by atoms with E-state index in [1.165, 1.54) is 49.0 Å². The third-order valence-electron chi connectivity index (χ3n) is 4.67. The maximum absolute atomic E-state index is 13.2. The highest BCUT2D eigenvalue weighted by Crippen LogP contribution is 2.34. The average Bonchev–Trinajstić information content (AvgIpc) is 3.02. The summed E-state index contributed by atoms with van der Waals surface area (Å²) in [6, 6.07) is 8.85. The van der Waals surface area contributed by atoms with Crippen LogP contribution in [0.4, 0.5) is 10.1 Å². The zero-order valence-electron chi connectivity index (χ0n) is 19.7. The van der Waals surface area contributed by atoms with Gasteiger partial charge in [0.25, 0.3) is 5.91 Å². The summed E-state index contributed by atoms with van der Waals surface area (Å²) in [5.74, 6) is -2.39. The molecule has 0 aliphatic carbocycles. The molecule has 0 saturated heterocycles. The van der Waals surface area contributed by atoms with Gasteiger partial charge < -0.3 is 15.2 Å². The Kier molecular flexibility index (Phi) is 6.99. The van der Waals surface area contributed by atoms with E-state index in [1.54, 1.807) is 20.8 Å². The first-order valence-electron chi connectivity index (χ1n) is 10.4. The zero-order valence-corrected chi connectivity index (χ0v) is 20.5. The molecule has 10 nitrogen and oxygen atoms in total. The molecule has 1 heterocycles. The lowest BCUT2D eigenvalue weighted by Gasteiger charge is -2.22. The molecule has 0 fully saturated rings. The van der Waals surface area contributed by atoms with Gasteiger partial charge in [-0.15, -0.1) is 0 Å². The Hall–Kier alpha value is -3.77. The fourth-order valence-electron chi connectivity index (χ4n) is 3.21. The molecule has 0 atom stereocenters. The molecule has 186 valence electrons. The third-order valence-corrected chi connectivity index (χ3v) is 6.45. The molecule has 3 aromatic rings. The maximum atomic E-state index is 13.2. The summed E-state index contributed by atoms with van der Waals surface area (Å²) in [5.41, 5.74) is -0.532. The summed E-state index contributed by atoms with van der Waals surface area (Å²) in [7, 11) is -2.69. The van der Waals surface area contributed by atoms with E-state index in [0.29, 0.717) is 0 Å². The van der Waals surface area contributed by atoms with Crippen molar-refractivity contribution in [3.63, 3.8) is 0 Å². The van der Waals surface area contributed by atoms with E-state index in [0.717, 1.165) is 12.1 Å².